The van der Waals surface area contributed by atoms with Crippen molar-refractivity contribution in [2.24, 2.45) is 0 Å². The number of benzene rings is 13. The van der Waals surface area contributed by atoms with Gasteiger partial charge in [0.15, 0.2) is 22.4 Å². The third-order valence-corrected chi connectivity index (χ3v) is 19.5. The number of rotatable bonds is 6. The van der Waals surface area contributed by atoms with Crippen molar-refractivity contribution in [3.63, 3.8) is 0 Å². The first-order valence-corrected chi connectivity index (χ1v) is 31.2. The van der Waals surface area contributed by atoms with Gasteiger partial charge in [-0.15, -0.1) is 0 Å². The molecule has 0 fully saturated rings. The lowest BCUT2D eigenvalue weighted by atomic mass is 9.94. The van der Waals surface area contributed by atoms with Crippen LogP contribution in [0.2, 0.25) is 0 Å². The molecule has 12 nitrogen and oxygen atoms in total. The van der Waals surface area contributed by atoms with E-state index >= 15 is 4.79 Å². The summed E-state index contributed by atoms with van der Waals surface area (Å²) >= 11 is 1.51. The first kappa shape index (κ1) is 50.5. The molecule has 0 bridgehead atoms. The molecule has 13 aromatic carbocycles. The van der Waals surface area contributed by atoms with E-state index < -0.39 is 0 Å². The Labute approximate surface area is 523 Å². The molecule has 0 radical (unpaired) electrons. The van der Waals surface area contributed by atoms with E-state index in [1.54, 1.807) is 20.9 Å². The smallest absolute Gasteiger partial charge is 0.310 e. The highest BCUT2D eigenvalue weighted by atomic mass is 32.1. The predicted octanol–water partition coefficient (Wildman–Crippen LogP) is 18.5. The van der Waals surface area contributed by atoms with Crippen LogP contribution in [0.4, 0.5) is 0 Å². The Morgan fingerprint density at radius 2 is 0.793 bits per heavy atom. The van der Waals surface area contributed by atoms with Gasteiger partial charge in [0, 0.05) is 54.3 Å². The minimum atomic E-state index is -0.192. The Hall–Kier alpha value is -12.5. The Balaban J connectivity index is 0.713. The van der Waals surface area contributed by atoms with Crippen molar-refractivity contribution in [2.75, 3.05) is 0 Å². The minimum absolute atomic E-state index is 0.137. The molecule has 0 saturated carbocycles. The fourth-order valence-electron chi connectivity index (χ4n) is 14.3. The fourth-order valence-corrected chi connectivity index (χ4v) is 15.3. The molecular weight excluding hydrogens is 1150 g/mol. The third kappa shape index (κ3) is 7.24. The van der Waals surface area contributed by atoms with E-state index in [4.69, 9.17) is 29.3 Å². The maximum absolute atomic E-state index is 15.3. The molecule has 0 aliphatic heterocycles. The van der Waals surface area contributed by atoms with Gasteiger partial charge in [-0.1, -0.05) is 181 Å². The average Bonchev–Trinajstić information content (AvgIpc) is 1.53. The van der Waals surface area contributed by atoms with Crippen molar-refractivity contribution in [3.05, 3.63) is 282 Å². The molecule has 20 aromatic rings. The average molecular weight is 1200 g/mol. The van der Waals surface area contributed by atoms with Crippen LogP contribution in [-0.4, -0.2) is 42.9 Å². The van der Waals surface area contributed by atoms with Crippen LogP contribution in [-0.2, 0) is 0 Å². The number of hydrogen-bond acceptors (Lipinski definition) is 9. The van der Waals surface area contributed by atoms with E-state index in [-0.39, 0.29) is 17.0 Å². The molecule has 20 rings (SSSR count). The quantitative estimate of drug-likeness (QED) is 0.150. The van der Waals surface area contributed by atoms with Gasteiger partial charge in [0.1, 0.15) is 16.6 Å². The standard InChI is InChI=1S/C79H43N9O3S/c89-76-60-28-10-13-31-67(60)91-78-80-69-65(87(76)78)37-35-58-56-26-8-11-29-63(56)85(71(58)69)49-21-15-20-48(41-49)75-83-73(44-16-2-1-3-17-44)82-74(84-75)47-19-14-18-45(40-47)46-32-39-68-62(42-46)77(90)88-66-38-36-59-57-27-9-12-30-64(57)86(72(59)70(66)81-79(88)92-68)50-33-34-55-53-24-5-4-22-51(53)52-23-6-7-25-54(52)61(55)43-50/h1-43H. The van der Waals surface area contributed by atoms with Crippen molar-refractivity contribution in [3.8, 4) is 56.7 Å². The van der Waals surface area contributed by atoms with Crippen LogP contribution in [0.25, 0.3) is 187 Å². The lowest BCUT2D eigenvalue weighted by Gasteiger charge is -2.14. The first-order chi connectivity index (χ1) is 45.4. The molecule has 0 N–H and O–H groups in total. The van der Waals surface area contributed by atoms with Crippen LogP contribution in [0.1, 0.15) is 0 Å². The predicted molar refractivity (Wildman–Crippen MR) is 373 cm³/mol. The van der Waals surface area contributed by atoms with E-state index in [9.17, 15) is 4.79 Å². The number of hydrogen-bond donors (Lipinski definition) is 0. The van der Waals surface area contributed by atoms with E-state index in [1.165, 1.54) is 43.7 Å². The zero-order valence-corrected chi connectivity index (χ0v) is 49.3. The molecule has 0 spiro atoms. The normalized spacial score (nSPS) is 12.2. The van der Waals surface area contributed by atoms with Crippen molar-refractivity contribution < 1.29 is 4.42 Å². The van der Waals surface area contributed by atoms with Gasteiger partial charge in [0.05, 0.1) is 43.9 Å². The van der Waals surface area contributed by atoms with E-state index in [1.807, 2.05) is 97.1 Å². The Morgan fingerprint density at radius 3 is 1.48 bits per heavy atom. The van der Waals surface area contributed by atoms with Crippen LogP contribution >= 0.6 is 11.3 Å². The fraction of sp³-hybridized carbons (Fsp3) is 0. The number of fused-ring (bicyclic) bond motifs is 22. The molecular formula is C79H43N9O3S. The molecule has 0 atom stereocenters. The summed E-state index contributed by atoms with van der Waals surface area (Å²) < 4.78 is 15.0. The zero-order valence-electron chi connectivity index (χ0n) is 48.5. The number of nitrogens with zero attached hydrogens (tertiary/aromatic N) is 9. The largest absolute Gasteiger partial charge is 0.424 e. The van der Waals surface area contributed by atoms with Gasteiger partial charge in [-0.2, -0.15) is 4.98 Å². The molecule has 0 unspecified atom stereocenters. The van der Waals surface area contributed by atoms with Crippen molar-refractivity contribution in [2.45, 2.75) is 0 Å². The van der Waals surface area contributed by atoms with E-state index in [2.05, 4.69) is 161 Å². The number of para-hydroxylation sites is 3. The summed E-state index contributed by atoms with van der Waals surface area (Å²) in [5, 5.41) is 12.5. The molecule has 0 aliphatic rings. The van der Waals surface area contributed by atoms with Gasteiger partial charge < -0.3 is 13.6 Å². The molecule has 0 amide bonds. The van der Waals surface area contributed by atoms with Gasteiger partial charge in [0.25, 0.3) is 11.1 Å². The number of aromatic nitrogens is 9. The first-order valence-electron chi connectivity index (χ1n) is 30.4. The summed E-state index contributed by atoms with van der Waals surface area (Å²) in [5.74, 6) is 1.72. The molecule has 0 saturated heterocycles. The van der Waals surface area contributed by atoms with Crippen molar-refractivity contribution >= 4 is 141 Å². The maximum Gasteiger partial charge on any atom is 0.310 e. The summed E-state index contributed by atoms with van der Waals surface area (Å²) in [6.07, 6.45) is 0. The van der Waals surface area contributed by atoms with Gasteiger partial charge >= 0.3 is 5.84 Å². The highest BCUT2D eigenvalue weighted by Crippen LogP contribution is 2.43. The summed E-state index contributed by atoms with van der Waals surface area (Å²) in [4.78, 5) is 56.0. The van der Waals surface area contributed by atoms with Crippen LogP contribution in [0.5, 0.6) is 0 Å². The van der Waals surface area contributed by atoms with Gasteiger partial charge in [-0.3, -0.25) is 9.59 Å². The zero-order chi connectivity index (χ0) is 60.4. The lowest BCUT2D eigenvalue weighted by Crippen LogP contribution is -2.12. The summed E-state index contributed by atoms with van der Waals surface area (Å²) in [7, 11) is 0. The van der Waals surface area contributed by atoms with Crippen molar-refractivity contribution in [1.29, 1.82) is 0 Å². The maximum atomic E-state index is 15.3. The van der Waals surface area contributed by atoms with Crippen LogP contribution in [0.3, 0.4) is 0 Å². The Morgan fingerprint density at radius 1 is 0.304 bits per heavy atom. The SMILES string of the molecule is O=c1c2ccccc2oc2nc3c4c(ccc3n12)c1ccccc1n4-c1cccc(-c2nc(-c3ccccc3)nc(-c3cccc(-c4ccc5sc6nc7c8c(ccc7n6c(=O)c5c4)c4ccccc4n8-c4ccc5c6ccccc6c6ccccc6c5c4)c3)n2)c1. The lowest BCUT2D eigenvalue weighted by molar-refractivity contribution is 0.616. The molecule has 7 aromatic heterocycles. The summed E-state index contributed by atoms with van der Waals surface area (Å²) in [6.45, 7) is 0. The van der Waals surface area contributed by atoms with Gasteiger partial charge in [0.2, 0.25) is 0 Å². The summed E-state index contributed by atoms with van der Waals surface area (Å²) in [5.41, 5.74) is 12.8. The van der Waals surface area contributed by atoms with Crippen molar-refractivity contribution in [1.82, 2.24) is 42.9 Å². The third-order valence-electron chi connectivity index (χ3n) is 18.5. The molecule has 92 heavy (non-hydrogen) atoms. The monoisotopic (exact) mass is 1200 g/mol. The van der Waals surface area contributed by atoms with Gasteiger partial charge in [-0.05, 0) is 134 Å². The second-order valence-corrected chi connectivity index (χ2v) is 24.5. The Bertz CT molecular complexity index is 6740. The molecule has 428 valence electrons. The van der Waals surface area contributed by atoms with E-state index in [0.29, 0.717) is 49.8 Å². The van der Waals surface area contributed by atoms with Crippen LogP contribution < -0.4 is 11.1 Å². The Kier molecular flexibility index (Phi) is 10.5. The topological polar surface area (TPSA) is 130 Å². The highest BCUT2D eigenvalue weighted by molar-refractivity contribution is 7.23. The molecule has 13 heteroatoms. The van der Waals surface area contributed by atoms with E-state index in [0.717, 1.165) is 98.5 Å². The second-order valence-electron chi connectivity index (χ2n) is 23.5. The molecule has 0 aliphatic carbocycles. The minimum Gasteiger partial charge on any atom is -0.424 e. The van der Waals surface area contributed by atoms with Crippen LogP contribution in [0.15, 0.2) is 275 Å². The highest BCUT2D eigenvalue weighted by Gasteiger charge is 2.25. The van der Waals surface area contributed by atoms with Crippen LogP contribution in [0, 0.1) is 0 Å². The second kappa shape index (κ2) is 19.0. The summed E-state index contributed by atoms with van der Waals surface area (Å²) in [6, 6.07) is 88.8. The molecule has 7 heterocycles. The number of imidazole rings is 2. The van der Waals surface area contributed by atoms with Gasteiger partial charge in [-0.25, -0.2) is 28.7 Å².